The van der Waals surface area contributed by atoms with Crippen LogP contribution in [0.5, 0.6) is 0 Å². The molecule has 1 heterocycles. The average molecular weight is 180 g/mol. The van der Waals surface area contributed by atoms with E-state index in [9.17, 15) is 0 Å². The highest BCUT2D eigenvalue weighted by atomic mass is 15.4. The van der Waals surface area contributed by atoms with E-state index in [1.165, 1.54) is 6.20 Å². The smallest absolute Gasteiger partial charge is 0.106 e. The van der Waals surface area contributed by atoms with Crippen LogP contribution in [0.15, 0.2) is 37.2 Å². The molecule has 0 aromatic heterocycles. The Morgan fingerprint density at radius 3 is 3.08 bits per heavy atom. The summed E-state index contributed by atoms with van der Waals surface area (Å²) in [6.45, 7) is 7.66. The van der Waals surface area contributed by atoms with Gasteiger partial charge in [-0.3, -0.25) is 0 Å². The molecule has 1 aliphatic heterocycles. The van der Waals surface area contributed by atoms with E-state index < -0.39 is 0 Å². The minimum atomic E-state index is 0.772. The molecule has 0 saturated heterocycles. The highest BCUT2D eigenvalue weighted by Crippen LogP contribution is 2.10. The van der Waals surface area contributed by atoms with Crippen LogP contribution in [0.25, 0.3) is 0 Å². The average Bonchev–Trinajstić information content (AvgIpc) is 2.65. The van der Waals surface area contributed by atoms with Crippen molar-refractivity contribution in [3.05, 3.63) is 37.2 Å². The maximum Gasteiger partial charge on any atom is 0.106 e. The molecule has 0 amide bonds. The first-order valence-electron chi connectivity index (χ1n) is 4.30. The van der Waals surface area contributed by atoms with E-state index in [1.807, 2.05) is 28.4 Å². The van der Waals surface area contributed by atoms with Gasteiger partial charge in [-0.1, -0.05) is 6.58 Å². The molecular formula is C9H16N4. The first-order chi connectivity index (χ1) is 6.29. The number of nitrogens with two attached hydrogens (primary N) is 1. The molecule has 1 aliphatic rings. The van der Waals surface area contributed by atoms with E-state index in [1.54, 1.807) is 0 Å². The fraction of sp³-hybridized carbons (Fsp3) is 0.333. The Kier molecular flexibility index (Phi) is 3.25. The minimum absolute atomic E-state index is 0.772. The molecule has 0 aliphatic carbocycles. The number of nitrogens with zero attached hydrogens (tertiary/aromatic N) is 2. The van der Waals surface area contributed by atoms with Crippen molar-refractivity contribution in [1.29, 1.82) is 0 Å². The molecule has 4 heteroatoms. The number of nitrogens with one attached hydrogen (secondary N) is 1. The van der Waals surface area contributed by atoms with Gasteiger partial charge in [0.1, 0.15) is 5.82 Å². The summed E-state index contributed by atoms with van der Waals surface area (Å²) in [6.07, 6.45) is 7.18. The van der Waals surface area contributed by atoms with Gasteiger partial charge in [-0.2, -0.15) is 0 Å². The minimum Gasteiger partial charge on any atom is -0.403 e. The van der Waals surface area contributed by atoms with Crippen molar-refractivity contribution >= 4 is 0 Å². The Morgan fingerprint density at radius 1 is 1.85 bits per heavy atom. The van der Waals surface area contributed by atoms with E-state index in [0.717, 1.165) is 19.0 Å². The second kappa shape index (κ2) is 4.45. The SMILES string of the molecule is C=C(N1C=CNC1)N(/C=C\N)CC. The molecule has 4 nitrogen and oxygen atoms in total. The standard InChI is InChI=1S/C9H16N4/c1-3-12(6-4-10)9(2)13-7-5-11-8-13/h4-7,11H,2-3,8,10H2,1H3/b6-4-. The zero-order chi connectivity index (χ0) is 9.68. The lowest BCUT2D eigenvalue weighted by atomic mass is 10.5. The molecule has 0 fully saturated rings. The lowest BCUT2D eigenvalue weighted by Gasteiger charge is -2.27. The molecule has 0 unspecified atom stereocenters. The fourth-order valence-corrected chi connectivity index (χ4v) is 1.17. The van der Waals surface area contributed by atoms with Crippen LogP contribution in [0.2, 0.25) is 0 Å². The van der Waals surface area contributed by atoms with E-state index in [2.05, 4.69) is 18.8 Å². The van der Waals surface area contributed by atoms with E-state index >= 15 is 0 Å². The van der Waals surface area contributed by atoms with Crippen LogP contribution in [-0.4, -0.2) is 23.0 Å². The van der Waals surface area contributed by atoms with Gasteiger partial charge in [0.2, 0.25) is 0 Å². The second-order valence-electron chi connectivity index (χ2n) is 2.69. The third kappa shape index (κ3) is 2.18. The molecule has 1 rings (SSSR count). The Balaban J connectivity index is 2.57. The number of hydrogen-bond acceptors (Lipinski definition) is 4. The summed E-state index contributed by atoms with van der Waals surface area (Å²) in [5, 5.41) is 3.08. The third-order valence-electron chi connectivity index (χ3n) is 1.90. The maximum absolute atomic E-state index is 5.33. The Hall–Kier alpha value is -1.58. The summed E-state index contributed by atoms with van der Waals surface area (Å²) in [4.78, 5) is 4.00. The molecule has 3 N–H and O–H groups in total. The van der Waals surface area contributed by atoms with Crippen LogP contribution >= 0.6 is 0 Å². The van der Waals surface area contributed by atoms with Gasteiger partial charge in [0.15, 0.2) is 0 Å². The van der Waals surface area contributed by atoms with Gasteiger partial charge in [-0.15, -0.1) is 0 Å². The Morgan fingerprint density at radius 2 is 2.62 bits per heavy atom. The van der Waals surface area contributed by atoms with E-state index in [0.29, 0.717) is 0 Å². The highest BCUT2D eigenvalue weighted by molar-refractivity contribution is 5.06. The van der Waals surface area contributed by atoms with Gasteiger partial charge in [-0.05, 0) is 6.92 Å². The van der Waals surface area contributed by atoms with Crippen LogP contribution in [0, 0.1) is 0 Å². The van der Waals surface area contributed by atoms with Crippen molar-refractivity contribution in [1.82, 2.24) is 15.1 Å². The Bertz CT molecular complexity index is 232. The van der Waals surface area contributed by atoms with Gasteiger partial charge < -0.3 is 20.9 Å². The van der Waals surface area contributed by atoms with Crippen LogP contribution in [0.3, 0.4) is 0 Å². The summed E-state index contributed by atoms with van der Waals surface area (Å²) in [7, 11) is 0. The fourth-order valence-electron chi connectivity index (χ4n) is 1.17. The molecule has 0 atom stereocenters. The third-order valence-corrected chi connectivity index (χ3v) is 1.90. The van der Waals surface area contributed by atoms with Crippen molar-refractivity contribution in [2.75, 3.05) is 13.2 Å². The van der Waals surface area contributed by atoms with Crippen LogP contribution < -0.4 is 11.1 Å². The molecule has 13 heavy (non-hydrogen) atoms. The topological polar surface area (TPSA) is 44.5 Å². The predicted molar refractivity (Wildman–Crippen MR) is 53.8 cm³/mol. The highest BCUT2D eigenvalue weighted by Gasteiger charge is 2.10. The zero-order valence-electron chi connectivity index (χ0n) is 7.90. The lowest BCUT2D eigenvalue weighted by Crippen LogP contribution is -2.29. The molecular weight excluding hydrogens is 164 g/mol. The molecule has 0 aromatic rings. The summed E-state index contributed by atoms with van der Waals surface area (Å²) in [6, 6.07) is 0. The summed E-state index contributed by atoms with van der Waals surface area (Å²) >= 11 is 0. The maximum atomic E-state index is 5.33. The summed E-state index contributed by atoms with van der Waals surface area (Å²) in [5.41, 5.74) is 5.33. The van der Waals surface area contributed by atoms with Crippen molar-refractivity contribution in [3.8, 4) is 0 Å². The molecule has 0 saturated carbocycles. The van der Waals surface area contributed by atoms with E-state index in [-0.39, 0.29) is 0 Å². The van der Waals surface area contributed by atoms with Crippen LogP contribution in [-0.2, 0) is 0 Å². The number of hydrogen-bond donors (Lipinski definition) is 2. The summed E-state index contributed by atoms with van der Waals surface area (Å²) < 4.78 is 0. The number of rotatable bonds is 4. The van der Waals surface area contributed by atoms with E-state index in [4.69, 9.17) is 5.73 Å². The van der Waals surface area contributed by atoms with Crippen molar-refractivity contribution in [2.24, 2.45) is 5.73 Å². The molecule has 0 spiro atoms. The molecule has 0 radical (unpaired) electrons. The molecule has 72 valence electrons. The summed E-state index contributed by atoms with van der Waals surface area (Å²) in [5.74, 6) is 0.922. The van der Waals surface area contributed by atoms with Crippen molar-refractivity contribution in [2.45, 2.75) is 6.92 Å². The Labute approximate surface area is 79.0 Å². The lowest BCUT2D eigenvalue weighted by molar-refractivity contribution is 0.333. The van der Waals surface area contributed by atoms with Crippen LogP contribution in [0.4, 0.5) is 0 Å². The quantitative estimate of drug-likeness (QED) is 0.663. The zero-order valence-corrected chi connectivity index (χ0v) is 7.90. The molecule has 0 bridgehead atoms. The predicted octanol–water partition coefficient (Wildman–Crippen LogP) is 0.543. The van der Waals surface area contributed by atoms with Gasteiger partial charge in [0, 0.05) is 31.3 Å². The molecule has 0 aromatic carbocycles. The largest absolute Gasteiger partial charge is 0.403 e. The van der Waals surface area contributed by atoms with Gasteiger partial charge in [0.05, 0.1) is 6.67 Å². The van der Waals surface area contributed by atoms with Gasteiger partial charge in [0.25, 0.3) is 0 Å². The first-order valence-corrected chi connectivity index (χ1v) is 4.30. The van der Waals surface area contributed by atoms with Gasteiger partial charge >= 0.3 is 0 Å². The normalized spacial score (nSPS) is 15.0. The van der Waals surface area contributed by atoms with Gasteiger partial charge in [-0.25, -0.2) is 0 Å². The van der Waals surface area contributed by atoms with Crippen molar-refractivity contribution < 1.29 is 0 Å². The van der Waals surface area contributed by atoms with Crippen LogP contribution in [0.1, 0.15) is 6.92 Å². The second-order valence-corrected chi connectivity index (χ2v) is 2.69. The van der Waals surface area contributed by atoms with Crippen molar-refractivity contribution in [3.63, 3.8) is 0 Å². The first kappa shape index (κ1) is 9.51. The monoisotopic (exact) mass is 180 g/mol.